The molecule has 23 heavy (non-hydrogen) atoms. The molecule has 0 aromatic heterocycles. The van der Waals surface area contributed by atoms with Gasteiger partial charge in [-0.15, -0.1) is 0 Å². The number of esters is 1. The smallest absolute Gasteiger partial charge is 0.313 e. The largest absolute Gasteiger partial charge is 0.448 e. The Labute approximate surface area is 133 Å². The maximum absolute atomic E-state index is 12.9. The van der Waals surface area contributed by atoms with Crippen molar-refractivity contribution in [2.75, 3.05) is 5.32 Å². The van der Waals surface area contributed by atoms with Crippen molar-refractivity contribution in [3.8, 4) is 0 Å². The lowest BCUT2D eigenvalue weighted by atomic mass is 9.66. The highest BCUT2D eigenvalue weighted by molar-refractivity contribution is 6.04. The van der Waals surface area contributed by atoms with Gasteiger partial charge in [0, 0.05) is 11.5 Å². The molecule has 0 unspecified atom stereocenters. The van der Waals surface area contributed by atoms with E-state index >= 15 is 0 Å². The Morgan fingerprint density at radius 2 is 1.91 bits per heavy atom. The third kappa shape index (κ3) is 1.76. The number of hydrogen-bond donors (Lipinski definition) is 1. The second kappa shape index (κ2) is 4.53. The van der Waals surface area contributed by atoms with Crippen LogP contribution in [0.4, 0.5) is 11.4 Å². The second-order valence-corrected chi connectivity index (χ2v) is 6.90. The monoisotopic (exact) mass is 318 g/mol. The van der Waals surface area contributed by atoms with Crippen LogP contribution >= 0.6 is 0 Å². The minimum absolute atomic E-state index is 0.101. The summed E-state index contributed by atoms with van der Waals surface area (Å²) >= 11 is 0. The van der Waals surface area contributed by atoms with Gasteiger partial charge in [-0.3, -0.25) is 19.7 Å². The molecule has 1 saturated heterocycles. The zero-order chi connectivity index (χ0) is 17.0. The second-order valence-electron chi connectivity index (χ2n) is 6.90. The van der Waals surface area contributed by atoms with E-state index in [2.05, 4.69) is 5.32 Å². The molecule has 0 radical (unpaired) electrons. The Balaban J connectivity index is 1.97. The lowest BCUT2D eigenvalue weighted by Gasteiger charge is -2.35. The van der Waals surface area contributed by atoms with Crippen molar-refractivity contribution < 1.29 is 19.2 Å². The number of nitro groups is 1. The molecular weight excluding hydrogens is 300 g/mol. The topological polar surface area (TPSA) is 98.5 Å². The van der Waals surface area contributed by atoms with Gasteiger partial charge in [-0.2, -0.15) is 0 Å². The first kappa shape index (κ1) is 15.5. The van der Waals surface area contributed by atoms with Gasteiger partial charge in [-0.1, -0.05) is 26.0 Å². The van der Waals surface area contributed by atoms with Crippen LogP contribution in [0.5, 0.6) is 0 Å². The van der Waals surface area contributed by atoms with Crippen LogP contribution < -0.4 is 5.32 Å². The van der Waals surface area contributed by atoms with E-state index in [4.69, 9.17) is 4.74 Å². The van der Waals surface area contributed by atoms with Gasteiger partial charge in [0.25, 0.3) is 11.6 Å². The van der Waals surface area contributed by atoms with Gasteiger partial charge < -0.3 is 10.1 Å². The molecular formula is C16H18N2O5. The number of carbonyl (C=O) groups is 2. The molecule has 2 bridgehead atoms. The van der Waals surface area contributed by atoms with Gasteiger partial charge in [-0.05, 0) is 25.8 Å². The summed E-state index contributed by atoms with van der Waals surface area (Å²) in [6.07, 6.45) is 0.970. The van der Waals surface area contributed by atoms with E-state index in [1.807, 2.05) is 20.8 Å². The maximum atomic E-state index is 12.9. The summed E-state index contributed by atoms with van der Waals surface area (Å²) in [5.74, 6) is -0.891. The standard InChI is InChI=1S/C16H18N2O5/c1-14(2)15(3)8-9-16(14,23-13(15)20)12(19)17-10-6-4-5-7-11(10)18(21)22/h4-7H,8-9H2,1-3H3,(H,17,19)/t15-,16+/m1/s1. The average molecular weight is 318 g/mol. The Morgan fingerprint density at radius 1 is 1.26 bits per heavy atom. The quantitative estimate of drug-likeness (QED) is 0.525. The van der Waals surface area contributed by atoms with Gasteiger partial charge in [-0.25, -0.2) is 0 Å². The van der Waals surface area contributed by atoms with E-state index in [1.165, 1.54) is 18.2 Å². The fourth-order valence-corrected chi connectivity index (χ4v) is 3.71. The van der Waals surface area contributed by atoms with Crippen LogP contribution in [0.1, 0.15) is 33.6 Å². The van der Waals surface area contributed by atoms with E-state index in [9.17, 15) is 19.7 Å². The van der Waals surface area contributed by atoms with Crippen LogP contribution in [0, 0.1) is 20.9 Å². The van der Waals surface area contributed by atoms with E-state index in [0.29, 0.717) is 12.8 Å². The predicted octanol–water partition coefficient (Wildman–Crippen LogP) is 2.66. The Morgan fingerprint density at radius 3 is 2.43 bits per heavy atom. The molecule has 2 fully saturated rings. The van der Waals surface area contributed by atoms with Crippen molar-refractivity contribution in [3.05, 3.63) is 34.4 Å². The summed E-state index contributed by atoms with van der Waals surface area (Å²) in [7, 11) is 0. The SMILES string of the molecule is CC1(C)[C@@]2(C(=O)Nc3ccccc3[N+](=O)[O-])CC[C@]1(C)C(=O)O2. The summed E-state index contributed by atoms with van der Waals surface area (Å²) in [6, 6.07) is 5.91. The normalized spacial score (nSPS) is 30.8. The molecule has 1 aromatic carbocycles. The number of ether oxygens (including phenoxy) is 1. The highest BCUT2D eigenvalue weighted by atomic mass is 16.6. The number of anilines is 1. The number of fused-ring (bicyclic) bond motifs is 2. The molecule has 1 aromatic rings. The lowest BCUT2D eigenvalue weighted by molar-refractivity contribution is -0.383. The lowest BCUT2D eigenvalue weighted by Crippen LogP contribution is -2.50. The molecule has 1 aliphatic heterocycles. The van der Waals surface area contributed by atoms with Crippen LogP contribution in [0.15, 0.2) is 24.3 Å². The molecule has 2 atom stereocenters. The number of benzene rings is 1. The summed E-state index contributed by atoms with van der Waals surface area (Å²) in [6.45, 7) is 5.48. The number of para-hydroxylation sites is 2. The summed E-state index contributed by atoms with van der Waals surface area (Å²) in [4.78, 5) is 35.6. The van der Waals surface area contributed by atoms with Crippen molar-refractivity contribution in [2.45, 2.75) is 39.2 Å². The molecule has 2 aliphatic rings. The van der Waals surface area contributed by atoms with E-state index in [-0.39, 0.29) is 17.3 Å². The third-order valence-corrected chi connectivity index (χ3v) is 5.80. The number of amides is 1. The minimum atomic E-state index is -1.29. The molecule has 7 heteroatoms. The van der Waals surface area contributed by atoms with Gasteiger partial charge in [0.1, 0.15) is 5.69 Å². The molecule has 7 nitrogen and oxygen atoms in total. The third-order valence-electron chi connectivity index (χ3n) is 5.80. The molecule has 1 aliphatic carbocycles. The van der Waals surface area contributed by atoms with Crippen LogP contribution in [0.2, 0.25) is 0 Å². The summed E-state index contributed by atoms with van der Waals surface area (Å²) in [5.41, 5.74) is -2.79. The highest BCUT2D eigenvalue weighted by Crippen LogP contribution is 2.65. The average Bonchev–Trinajstić information content (AvgIpc) is 2.78. The number of nitrogens with zero attached hydrogens (tertiary/aromatic N) is 1. The molecule has 1 saturated carbocycles. The summed E-state index contributed by atoms with van der Waals surface area (Å²) in [5, 5.41) is 13.7. The zero-order valence-corrected chi connectivity index (χ0v) is 13.2. The molecule has 0 spiro atoms. The van der Waals surface area contributed by atoms with E-state index in [0.717, 1.165) is 0 Å². The van der Waals surface area contributed by atoms with Gasteiger partial charge in [0.05, 0.1) is 10.3 Å². The van der Waals surface area contributed by atoms with Crippen LogP contribution in [-0.4, -0.2) is 22.4 Å². The molecule has 1 heterocycles. The Bertz CT molecular complexity index is 729. The number of hydrogen-bond acceptors (Lipinski definition) is 5. The van der Waals surface area contributed by atoms with Crippen molar-refractivity contribution in [1.82, 2.24) is 0 Å². The van der Waals surface area contributed by atoms with Crippen LogP contribution in [0.25, 0.3) is 0 Å². The van der Waals surface area contributed by atoms with Gasteiger partial charge >= 0.3 is 5.97 Å². The number of carbonyl (C=O) groups excluding carboxylic acids is 2. The van der Waals surface area contributed by atoms with Crippen LogP contribution in [0.3, 0.4) is 0 Å². The Kier molecular flexibility index (Phi) is 3.05. The molecule has 1 N–H and O–H groups in total. The number of nitrogens with one attached hydrogen (secondary N) is 1. The zero-order valence-electron chi connectivity index (χ0n) is 13.2. The Hall–Kier alpha value is -2.44. The van der Waals surface area contributed by atoms with Crippen molar-refractivity contribution in [1.29, 1.82) is 0 Å². The van der Waals surface area contributed by atoms with Gasteiger partial charge in [0.15, 0.2) is 5.60 Å². The first-order valence-corrected chi connectivity index (χ1v) is 7.44. The first-order valence-electron chi connectivity index (χ1n) is 7.44. The van der Waals surface area contributed by atoms with Crippen molar-refractivity contribution in [3.63, 3.8) is 0 Å². The fraction of sp³-hybridized carbons (Fsp3) is 0.500. The number of nitro benzene ring substituents is 1. The van der Waals surface area contributed by atoms with Crippen LogP contribution in [-0.2, 0) is 14.3 Å². The molecule has 3 rings (SSSR count). The predicted molar refractivity (Wildman–Crippen MR) is 81.7 cm³/mol. The first-order chi connectivity index (χ1) is 10.7. The molecule has 122 valence electrons. The fourth-order valence-electron chi connectivity index (χ4n) is 3.71. The highest BCUT2D eigenvalue weighted by Gasteiger charge is 2.75. The molecule has 1 amide bonds. The van der Waals surface area contributed by atoms with Crippen molar-refractivity contribution in [2.24, 2.45) is 10.8 Å². The minimum Gasteiger partial charge on any atom is -0.448 e. The van der Waals surface area contributed by atoms with E-state index in [1.54, 1.807) is 6.07 Å². The maximum Gasteiger partial charge on any atom is 0.313 e. The van der Waals surface area contributed by atoms with Crippen molar-refractivity contribution >= 4 is 23.3 Å². The van der Waals surface area contributed by atoms with E-state index < -0.39 is 27.3 Å². The number of rotatable bonds is 3. The summed E-state index contributed by atoms with van der Waals surface area (Å²) < 4.78 is 5.48. The van der Waals surface area contributed by atoms with Gasteiger partial charge in [0.2, 0.25) is 0 Å².